The summed E-state index contributed by atoms with van der Waals surface area (Å²) in [5, 5.41) is 0. The Bertz CT molecular complexity index is 672. The highest BCUT2D eigenvalue weighted by atomic mass is 16.5. The molecule has 1 unspecified atom stereocenters. The van der Waals surface area contributed by atoms with Crippen LogP contribution in [-0.2, 0) is 20.7 Å². The molecule has 6 nitrogen and oxygen atoms in total. The van der Waals surface area contributed by atoms with Crippen LogP contribution in [0.25, 0.3) is 0 Å². The zero-order chi connectivity index (χ0) is 17.9. The monoisotopic (exact) mass is 357 g/mol. The molecular weight excluding hydrogens is 330 g/mol. The smallest absolute Gasteiger partial charge is 0.227 e. The topological polar surface area (TPSA) is 53.1 Å². The Kier molecular flexibility index (Phi) is 5.22. The number of hydrogen-bond donors (Lipinski definition) is 0. The fraction of sp³-hybridized carbons (Fsp3) is 0.600. The van der Waals surface area contributed by atoms with E-state index in [0.717, 1.165) is 57.9 Å². The molecule has 2 fully saturated rings. The molecule has 3 aliphatic heterocycles. The molecule has 0 spiro atoms. The molecule has 0 bridgehead atoms. The number of aryl methyl sites for hydroxylation is 1. The first-order chi connectivity index (χ1) is 12.7. The molecule has 26 heavy (non-hydrogen) atoms. The van der Waals surface area contributed by atoms with E-state index >= 15 is 0 Å². The summed E-state index contributed by atoms with van der Waals surface area (Å²) < 4.78 is 5.42. The first kappa shape index (κ1) is 17.5. The van der Waals surface area contributed by atoms with E-state index in [9.17, 15) is 9.59 Å². The quantitative estimate of drug-likeness (QED) is 0.815. The average Bonchev–Trinajstić information content (AvgIpc) is 3.18. The highest BCUT2D eigenvalue weighted by Gasteiger charge is 2.32. The van der Waals surface area contributed by atoms with Gasteiger partial charge in [0, 0.05) is 57.3 Å². The Labute approximate surface area is 154 Å². The van der Waals surface area contributed by atoms with Crippen LogP contribution in [0.2, 0.25) is 0 Å². The van der Waals surface area contributed by atoms with Crippen molar-refractivity contribution in [1.29, 1.82) is 0 Å². The van der Waals surface area contributed by atoms with Crippen molar-refractivity contribution in [2.45, 2.75) is 31.7 Å². The van der Waals surface area contributed by atoms with E-state index < -0.39 is 0 Å². The van der Waals surface area contributed by atoms with Crippen LogP contribution in [0.4, 0.5) is 5.69 Å². The summed E-state index contributed by atoms with van der Waals surface area (Å²) in [5.74, 6) is 0.292. The Morgan fingerprint density at radius 3 is 2.77 bits per heavy atom. The summed E-state index contributed by atoms with van der Waals surface area (Å²) in [6.07, 6.45) is 2.77. The van der Waals surface area contributed by atoms with Gasteiger partial charge in [-0.05, 0) is 24.5 Å². The van der Waals surface area contributed by atoms with Gasteiger partial charge in [0.15, 0.2) is 0 Å². The summed E-state index contributed by atoms with van der Waals surface area (Å²) in [6.45, 7) is 5.63. The van der Waals surface area contributed by atoms with Gasteiger partial charge in [0.25, 0.3) is 0 Å². The second-order valence-electron chi connectivity index (χ2n) is 7.35. The second kappa shape index (κ2) is 7.76. The number of nitrogens with zero attached hydrogens (tertiary/aromatic N) is 3. The fourth-order valence-corrected chi connectivity index (χ4v) is 4.32. The molecule has 0 radical (unpaired) electrons. The maximum Gasteiger partial charge on any atom is 0.227 e. The molecular formula is C20H27N3O3. The first-order valence-corrected chi connectivity index (χ1v) is 9.70. The van der Waals surface area contributed by atoms with Crippen molar-refractivity contribution in [3.8, 4) is 0 Å². The standard InChI is InChI=1S/C20H27N3O3/c24-19(22-9-7-17(15-22)21-11-13-26-14-12-21)8-10-23-18-4-2-1-3-16(18)5-6-20(23)25/h1-4,17H,5-15H2. The van der Waals surface area contributed by atoms with Gasteiger partial charge in [-0.2, -0.15) is 0 Å². The van der Waals surface area contributed by atoms with Crippen LogP contribution in [0, 0.1) is 0 Å². The third-order valence-corrected chi connectivity index (χ3v) is 5.82. The van der Waals surface area contributed by atoms with Gasteiger partial charge < -0.3 is 14.5 Å². The van der Waals surface area contributed by atoms with Crippen LogP contribution < -0.4 is 4.90 Å². The Hall–Kier alpha value is -1.92. The van der Waals surface area contributed by atoms with Crippen molar-refractivity contribution in [3.63, 3.8) is 0 Å². The molecule has 3 heterocycles. The van der Waals surface area contributed by atoms with Crippen molar-refractivity contribution < 1.29 is 14.3 Å². The van der Waals surface area contributed by atoms with Crippen LogP contribution in [0.5, 0.6) is 0 Å². The molecule has 3 aliphatic rings. The number of likely N-dealkylation sites (tertiary alicyclic amines) is 1. The summed E-state index contributed by atoms with van der Waals surface area (Å²) >= 11 is 0. The van der Waals surface area contributed by atoms with Crippen molar-refractivity contribution in [2.75, 3.05) is 50.8 Å². The van der Waals surface area contributed by atoms with Gasteiger partial charge in [0.2, 0.25) is 11.8 Å². The minimum absolute atomic E-state index is 0.129. The van der Waals surface area contributed by atoms with Crippen LogP contribution in [0.15, 0.2) is 24.3 Å². The molecule has 1 aromatic rings. The van der Waals surface area contributed by atoms with Gasteiger partial charge in [-0.1, -0.05) is 18.2 Å². The molecule has 6 heteroatoms. The number of carbonyl (C=O) groups is 2. The number of rotatable bonds is 4. The molecule has 1 aromatic carbocycles. The number of benzene rings is 1. The van der Waals surface area contributed by atoms with E-state index in [1.54, 1.807) is 4.90 Å². The van der Waals surface area contributed by atoms with Crippen LogP contribution in [0.3, 0.4) is 0 Å². The summed E-state index contributed by atoms with van der Waals surface area (Å²) in [5.41, 5.74) is 2.18. The van der Waals surface area contributed by atoms with Gasteiger partial charge in [0.05, 0.1) is 13.2 Å². The largest absolute Gasteiger partial charge is 0.379 e. The van der Waals surface area contributed by atoms with Crippen LogP contribution in [-0.4, -0.2) is 73.6 Å². The predicted molar refractivity (Wildman–Crippen MR) is 99.1 cm³/mol. The maximum absolute atomic E-state index is 12.7. The van der Waals surface area contributed by atoms with Crippen molar-refractivity contribution >= 4 is 17.5 Å². The molecule has 4 rings (SSSR count). The number of para-hydroxylation sites is 1. The van der Waals surface area contributed by atoms with E-state index in [-0.39, 0.29) is 11.8 Å². The zero-order valence-corrected chi connectivity index (χ0v) is 15.2. The van der Waals surface area contributed by atoms with Crippen molar-refractivity contribution in [2.24, 2.45) is 0 Å². The van der Waals surface area contributed by atoms with Gasteiger partial charge >= 0.3 is 0 Å². The minimum atomic E-state index is 0.129. The van der Waals surface area contributed by atoms with Gasteiger partial charge in [-0.3, -0.25) is 14.5 Å². The van der Waals surface area contributed by atoms with Crippen LogP contribution >= 0.6 is 0 Å². The number of hydrogen-bond acceptors (Lipinski definition) is 4. The summed E-state index contributed by atoms with van der Waals surface area (Å²) in [7, 11) is 0. The Balaban J connectivity index is 1.32. The first-order valence-electron chi connectivity index (χ1n) is 9.70. The minimum Gasteiger partial charge on any atom is -0.379 e. The summed E-state index contributed by atoms with van der Waals surface area (Å²) in [4.78, 5) is 31.2. The molecule has 0 N–H and O–H groups in total. The number of carbonyl (C=O) groups excluding carboxylic acids is 2. The normalized spacial score (nSPS) is 24.0. The molecule has 0 aromatic heterocycles. The van der Waals surface area contributed by atoms with E-state index in [0.29, 0.717) is 25.4 Å². The fourth-order valence-electron chi connectivity index (χ4n) is 4.32. The van der Waals surface area contributed by atoms with Crippen LogP contribution in [0.1, 0.15) is 24.8 Å². The van der Waals surface area contributed by atoms with Gasteiger partial charge in [0.1, 0.15) is 0 Å². The predicted octanol–water partition coefficient (Wildman–Crippen LogP) is 1.29. The van der Waals surface area contributed by atoms with E-state index in [2.05, 4.69) is 11.0 Å². The van der Waals surface area contributed by atoms with Gasteiger partial charge in [-0.25, -0.2) is 0 Å². The highest BCUT2D eigenvalue weighted by Crippen LogP contribution is 2.27. The molecule has 2 saturated heterocycles. The third-order valence-electron chi connectivity index (χ3n) is 5.82. The number of morpholine rings is 1. The zero-order valence-electron chi connectivity index (χ0n) is 15.2. The Morgan fingerprint density at radius 2 is 1.92 bits per heavy atom. The molecule has 2 amide bonds. The van der Waals surface area contributed by atoms with Gasteiger partial charge in [-0.15, -0.1) is 0 Å². The molecule has 1 atom stereocenters. The number of anilines is 1. The number of fused-ring (bicyclic) bond motifs is 1. The van der Waals surface area contributed by atoms with E-state index in [4.69, 9.17) is 4.74 Å². The molecule has 140 valence electrons. The lowest BCUT2D eigenvalue weighted by molar-refractivity contribution is -0.130. The maximum atomic E-state index is 12.7. The Morgan fingerprint density at radius 1 is 1.12 bits per heavy atom. The lowest BCUT2D eigenvalue weighted by Crippen LogP contribution is -2.45. The number of ether oxygens (including phenoxy) is 1. The average molecular weight is 357 g/mol. The molecule has 0 aliphatic carbocycles. The lowest BCUT2D eigenvalue weighted by Gasteiger charge is -2.32. The third kappa shape index (κ3) is 3.62. The summed E-state index contributed by atoms with van der Waals surface area (Å²) in [6, 6.07) is 8.49. The van der Waals surface area contributed by atoms with Crippen molar-refractivity contribution in [3.05, 3.63) is 29.8 Å². The SMILES string of the molecule is O=C(CCN1C(=O)CCc2ccccc21)N1CCC(N2CCOCC2)C1. The highest BCUT2D eigenvalue weighted by molar-refractivity contribution is 5.97. The van der Waals surface area contributed by atoms with E-state index in [1.807, 2.05) is 23.1 Å². The molecule has 0 saturated carbocycles. The second-order valence-corrected chi connectivity index (χ2v) is 7.35. The van der Waals surface area contributed by atoms with E-state index in [1.165, 1.54) is 5.56 Å². The van der Waals surface area contributed by atoms with Crippen molar-refractivity contribution in [1.82, 2.24) is 9.80 Å². The number of amides is 2. The lowest BCUT2D eigenvalue weighted by atomic mass is 10.0.